The molecule has 0 unspecified atom stereocenters. The van der Waals surface area contributed by atoms with E-state index in [1.165, 1.54) is 6.26 Å². The molecular formula is C11H23N3O2S. The number of hydrogen-bond acceptors (Lipinski definition) is 4. The molecule has 2 fully saturated rings. The maximum Gasteiger partial charge on any atom is 0.211 e. The van der Waals surface area contributed by atoms with E-state index in [2.05, 4.69) is 30.7 Å². The van der Waals surface area contributed by atoms with E-state index in [4.69, 9.17) is 0 Å². The van der Waals surface area contributed by atoms with Crippen LogP contribution in [0, 0.1) is 0 Å². The average Bonchev–Trinajstić information content (AvgIpc) is 2.13. The molecule has 0 spiro atoms. The van der Waals surface area contributed by atoms with Gasteiger partial charge in [-0.05, 0) is 20.9 Å². The molecule has 0 aromatic rings. The zero-order valence-electron chi connectivity index (χ0n) is 11.2. The summed E-state index contributed by atoms with van der Waals surface area (Å²) in [4.78, 5) is 4.75. The smallest absolute Gasteiger partial charge is 0.211 e. The minimum Gasteiger partial charge on any atom is -0.303 e. The van der Waals surface area contributed by atoms with Gasteiger partial charge in [-0.15, -0.1) is 0 Å². The number of likely N-dealkylation sites (N-methyl/N-ethyl adjacent to an activating group) is 1. The van der Waals surface area contributed by atoms with Gasteiger partial charge in [0.1, 0.15) is 0 Å². The van der Waals surface area contributed by atoms with Crippen LogP contribution in [0.1, 0.15) is 13.8 Å². The molecule has 0 saturated carbocycles. The summed E-state index contributed by atoms with van der Waals surface area (Å²) in [6, 6.07) is 0.326. The molecule has 0 amide bonds. The number of hydrogen-bond donors (Lipinski definition) is 0. The Kier molecular flexibility index (Phi) is 3.27. The molecule has 2 rings (SSSR count). The lowest BCUT2D eigenvalue weighted by molar-refractivity contribution is -0.0372. The van der Waals surface area contributed by atoms with Crippen molar-refractivity contribution in [3.05, 3.63) is 0 Å². The van der Waals surface area contributed by atoms with Crippen LogP contribution >= 0.6 is 0 Å². The Balaban J connectivity index is 2.22. The third-order valence-corrected chi connectivity index (χ3v) is 5.13. The van der Waals surface area contributed by atoms with Crippen molar-refractivity contribution in [1.82, 2.24) is 14.1 Å². The first-order valence-corrected chi connectivity index (χ1v) is 7.95. The van der Waals surface area contributed by atoms with Crippen LogP contribution in [0.15, 0.2) is 0 Å². The fourth-order valence-corrected chi connectivity index (χ4v) is 4.03. The second kappa shape index (κ2) is 4.19. The van der Waals surface area contributed by atoms with E-state index in [-0.39, 0.29) is 5.54 Å². The Morgan fingerprint density at radius 3 is 2.41 bits per heavy atom. The van der Waals surface area contributed by atoms with Crippen molar-refractivity contribution in [1.29, 1.82) is 0 Å². The molecule has 0 N–H and O–H groups in total. The highest BCUT2D eigenvalue weighted by molar-refractivity contribution is 7.88. The van der Waals surface area contributed by atoms with E-state index in [0.717, 1.165) is 19.6 Å². The second-order valence-electron chi connectivity index (χ2n) is 5.98. The maximum atomic E-state index is 11.7. The van der Waals surface area contributed by atoms with Crippen LogP contribution < -0.4 is 0 Å². The lowest BCUT2D eigenvalue weighted by Gasteiger charge is -2.54. The molecule has 0 radical (unpaired) electrons. The van der Waals surface area contributed by atoms with E-state index in [1.807, 2.05) is 0 Å². The molecule has 100 valence electrons. The maximum absolute atomic E-state index is 11.7. The highest BCUT2D eigenvalue weighted by atomic mass is 32.2. The van der Waals surface area contributed by atoms with Gasteiger partial charge in [-0.1, -0.05) is 0 Å². The number of nitrogens with zero attached hydrogens (tertiary/aromatic N) is 3. The largest absolute Gasteiger partial charge is 0.303 e. The van der Waals surface area contributed by atoms with E-state index in [0.29, 0.717) is 19.1 Å². The number of fused-ring (bicyclic) bond motifs is 1. The first kappa shape index (κ1) is 13.3. The fraction of sp³-hybridized carbons (Fsp3) is 1.00. The summed E-state index contributed by atoms with van der Waals surface area (Å²) in [5.41, 5.74) is -0.0622. The van der Waals surface area contributed by atoms with Gasteiger partial charge in [0, 0.05) is 44.3 Å². The lowest BCUT2D eigenvalue weighted by atomic mass is 9.94. The van der Waals surface area contributed by atoms with E-state index < -0.39 is 10.0 Å². The fourth-order valence-electron chi connectivity index (χ4n) is 3.04. The lowest BCUT2D eigenvalue weighted by Crippen LogP contribution is -2.69. The van der Waals surface area contributed by atoms with Crippen molar-refractivity contribution in [2.75, 3.05) is 46.0 Å². The summed E-state index contributed by atoms with van der Waals surface area (Å²) >= 11 is 0. The Morgan fingerprint density at radius 1 is 1.18 bits per heavy atom. The third-order valence-electron chi connectivity index (χ3n) is 3.91. The predicted molar refractivity (Wildman–Crippen MR) is 68.5 cm³/mol. The van der Waals surface area contributed by atoms with Gasteiger partial charge in [0.2, 0.25) is 10.0 Å². The van der Waals surface area contributed by atoms with Gasteiger partial charge in [0.15, 0.2) is 0 Å². The van der Waals surface area contributed by atoms with Gasteiger partial charge < -0.3 is 4.90 Å². The molecule has 1 atom stereocenters. The number of sulfonamides is 1. The average molecular weight is 261 g/mol. The summed E-state index contributed by atoms with van der Waals surface area (Å²) in [5.74, 6) is 0. The quantitative estimate of drug-likeness (QED) is 0.647. The molecule has 2 aliphatic heterocycles. The SMILES string of the molecule is CN1CCN2[C@@H](C1)CN(S(C)(=O)=O)CC2(C)C. The molecule has 5 nitrogen and oxygen atoms in total. The van der Waals surface area contributed by atoms with Crippen molar-refractivity contribution in [3.8, 4) is 0 Å². The van der Waals surface area contributed by atoms with Crippen molar-refractivity contribution in [2.24, 2.45) is 0 Å². The first-order chi connectivity index (χ1) is 7.70. The molecule has 0 bridgehead atoms. The van der Waals surface area contributed by atoms with Gasteiger partial charge in [-0.25, -0.2) is 8.42 Å². The summed E-state index contributed by atoms with van der Waals surface area (Å²) in [6.45, 7) is 8.57. The van der Waals surface area contributed by atoms with Crippen LogP contribution in [0.25, 0.3) is 0 Å². The van der Waals surface area contributed by atoms with Crippen molar-refractivity contribution < 1.29 is 8.42 Å². The molecule has 2 aliphatic rings. The third kappa shape index (κ3) is 2.65. The molecule has 6 heteroatoms. The van der Waals surface area contributed by atoms with E-state index in [1.54, 1.807) is 4.31 Å². The second-order valence-corrected chi connectivity index (χ2v) is 7.96. The topological polar surface area (TPSA) is 43.9 Å². The normalized spacial score (nSPS) is 32.4. The first-order valence-electron chi connectivity index (χ1n) is 6.10. The summed E-state index contributed by atoms with van der Waals surface area (Å²) in [6.07, 6.45) is 1.31. The molecule has 0 aliphatic carbocycles. The van der Waals surface area contributed by atoms with Gasteiger partial charge >= 0.3 is 0 Å². The molecule has 0 aromatic heterocycles. The van der Waals surface area contributed by atoms with Crippen molar-refractivity contribution in [2.45, 2.75) is 25.4 Å². The van der Waals surface area contributed by atoms with Crippen molar-refractivity contribution >= 4 is 10.0 Å². The number of piperazine rings is 2. The monoisotopic (exact) mass is 261 g/mol. The zero-order valence-corrected chi connectivity index (χ0v) is 12.0. The standard InChI is InChI=1S/C11H23N3O2S/c1-11(2)9-13(17(4,15)16)8-10-7-12(3)5-6-14(10)11/h10H,5-9H2,1-4H3/t10-/m0/s1. The van der Waals surface area contributed by atoms with Crippen LogP contribution in [0.2, 0.25) is 0 Å². The van der Waals surface area contributed by atoms with Crippen LogP contribution in [0.4, 0.5) is 0 Å². The van der Waals surface area contributed by atoms with E-state index >= 15 is 0 Å². The van der Waals surface area contributed by atoms with Gasteiger partial charge in [-0.2, -0.15) is 4.31 Å². The van der Waals surface area contributed by atoms with Crippen LogP contribution in [0.3, 0.4) is 0 Å². The predicted octanol–water partition coefficient (Wildman–Crippen LogP) is -0.344. The summed E-state index contributed by atoms with van der Waals surface area (Å²) in [5, 5.41) is 0. The molecule has 17 heavy (non-hydrogen) atoms. The van der Waals surface area contributed by atoms with Crippen molar-refractivity contribution in [3.63, 3.8) is 0 Å². The van der Waals surface area contributed by atoms with Gasteiger partial charge in [-0.3, -0.25) is 4.90 Å². The summed E-state index contributed by atoms with van der Waals surface area (Å²) < 4.78 is 25.1. The van der Waals surface area contributed by atoms with Crippen LogP contribution in [-0.2, 0) is 10.0 Å². The zero-order chi connectivity index (χ0) is 12.8. The van der Waals surface area contributed by atoms with Crippen LogP contribution in [0.5, 0.6) is 0 Å². The molecular weight excluding hydrogens is 238 g/mol. The van der Waals surface area contributed by atoms with Gasteiger partial charge in [0.05, 0.1) is 6.26 Å². The number of rotatable bonds is 1. The molecule has 0 aromatic carbocycles. The Labute approximate surface area is 104 Å². The Bertz CT molecular complexity index is 394. The highest BCUT2D eigenvalue weighted by Crippen LogP contribution is 2.28. The minimum atomic E-state index is -3.08. The van der Waals surface area contributed by atoms with E-state index in [9.17, 15) is 8.42 Å². The minimum absolute atomic E-state index is 0.0622. The van der Waals surface area contributed by atoms with Gasteiger partial charge in [0.25, 0.3) is 0 Å². The summed E-state index contributed by atoms with van der Waals surface area (Å²) in [7, 11) is -0.976. The molecule has 2 saturated heterocycles. The Morgan fingerprint density at radius 2 is 1.82 bits per heavy atom. The Hall–Kier alpha value is -0.170. The highest BCUT2D eigenvalue weighted by Gasteiger charge is 2.44. The molecule has 2 heterocycles. The van der Waals surface area contributed by atoms with Crippen LogP contribution in [-0.4, -0.2) is 80.1 Å².